The third-order valence-corrected chi connectivity index (χ3v) is 3.41. The van der Waals surface area contributed by atoms with Crippen LogP contribution >= 0.6 is 0 Å². The summed E-state index contributed by atoms with van der Waals surface area (Å²) in [7, 11) is 3.82. The first-order valence-corrected chi connectivity index (χ1v) is 6.14. The molecule has 1 aliphatic heterocycles. The zero-order valence-electron chi connectivity index (χ0n) is 10.8. The Balaban J connectivity index is 1.95. The van der Waals surface area contributed by atoms with Crippen LogP contribution in [0.5, 0.6) is 5.88 Å². The van der Waals surface area contributed by atoms with Crippen molar-refractivity contribution in [1.29, 1.82) is 0 Å². The second kappa shape index (κ2) is 5.36. The molecule has 0 radical (unpaired) electrons. The highest BCUT2D eigenvalue weighted by Gasteiger charge is 2.23. The molecule has 2 unspecified atom stereocenters. The molecule has 0 amide bonds. The molecule has 4 nitrogen and oxygen atoms in total. The van der Waals surface area contributed by atoms with Gasteiger partial charge in [-0.05, 0) is 32.0 Å². The lowest BCUT2D eigenvalue weighted by molar-refractivity contribution is 0.206. The average Bonchev–Trinajstić information content (AvgIpc) is 2.34. The van der Waals surface area contributed by atoms with Crippen molar-refractivity contribution in [3.05, 3.63) is 18.3 Å². The van der Waals surface area contributed by atoms with E-state index in [4.69, 9.17) is 4.74 Å². The second-order valence-corrected chi connectivity index (χ2v) is 4.87. The van der Waals surface area contributed by atoms with Gasteiger partial charge in [-0.2, -0.15) is 0 Å². The zero-order chi connectivity index (χ0) is 12.3. The van der Waals surface area contributed by atoms with Crippen molar-refractivity contribution in [2.24, 2.45) is 5.92 Å². The molecule has 4 heteroatoms. The van der Waals surface area contributed by atoms with Crippen molar-refractivity contribution in [2.45, 2.75) is 19.4 Å². The molecule has 0 bridgehead atoms. The van der Waals surface area contributed by atoms with E-state index in [9.17, 15) is 0 Å². The Morgan fingerprint density at radius 2 is 2.29 bits per heavy atom. The maximum atomic E-state index is 5.05. The Morgan fingerprint density at radius 3 is 2.88 bits per heavy atom. The normalized spacial score (nSPS) is 25.6. The van der Waals surface area contributed by atoms with Crippen LogP contribution in [0.3, 0.4) is 0 Å². The molecule has 0 aliphatic carbocycles. The number of aromatic nitrogens is 1. The molecule has 2 heterocycles. The Kier molecular flexibility index (Phi) is 3.84. The molecule has 1 saturated heterocycles. The molecule has 2 atom stereocenters. The Labute approximate surface area is 103 Å². The number of pyridine rings is 1. The number of hydrogen-bond acceptors (Lipinski definition) is 4. The van der Waals surface area contributed by atoms with Crippen LogP contribution in [0.15, 0.2) is 18.3 Å². The van der Waals surface area contributed by atoms with Crippen molar-refractivity contribution in [2.75, 3.05) is 32.6 Å². The minimum absolute atomic E-state index is 0.543. The molecule has 2 rings (SSSR count). The predicted octanol–water partition coefficient (Wildman–Crippen LogP) is 1.84. The fourth-order valence-corrected chi connectivity index (χ4v) is 2.37. The number of rotatable bonds is 3. The first-order chi connectivity index (χ1) is 8.19. The van der Waals surface area contributed by atoms with E-state index in [1.165, 1.54) is 6.42 Å². The van der Waals surface area contributed by atoms with Crippen molar-refractivity contribution >= 4 is 5.69 Å². The zero-order valence-corrected chi connectivity index (χ0v) is 10.8. The monoisotopic (exact) mass is 235 g/mol. The highest BCUT2D eigenvalue weighted by Crippen LogP contribution is 2.20. The van der Waals surface area contributed by atoms with Crippen LogP contribution in [0, 0.1) is 5.92 Å². The lowest BCUT2D eigenvalue weighted by Gasteiger charge is -2.35. The molecule has 1 fully saturated rings. The number of nitrogens with one attached hydrogen (secondary N) is 1. The standard InChI is InChI=1S/C13H21N3O/c1-10-9-16(2)7-6-12(10)15-11-4-5-13(17-3)14-8-11/h4-5,8,10,12,15H,6-7,9H2,1-3H3. The molecule has 94 valence electrons. The quantitative estimate of drug-likeness (QED) is 0.867. The van der Waals surface area contributed by atoms with E-state index in [0.717, 1.165) is 18.8 Å². The molecule has 1 aliphatic rings. The number of anilines is 1. The second-order valence-electron chi connectivity index (χ2n) is 4.87. The van der Waals surface area contributed by atoms with Gasteiger partial charge in [-0.1, -0.05) is 6.92 Å². The number of ether oxygens (including phenoxy) is 1. The van der Waals surface area contributed by atoms with Gasteiger partial charge in [0.1, 0.15) is 0 Å². The summed E-state index contributed by atoms with van der Waals surface area (Å²) in [5.41, 5.74) is 1.08. The summed E-state index contributed by atoms with van der Waals surface area (Å²) in [5, 5.41) is 3.56. The van der Waals surface area contributed by atoms with Gasteiger partial charge in [-0.15, -0.1) is 0 Å². The molecule has 1 aromatic rings. The highest BCUT2D eigenvalue weighted by atomic mass is 16.5. The SMILES string of the molecule is COc1ccc(NC2CCN(C)CC2C)cn1. The molecule has 0 spiro atoms. The van der Waals surface area contributed by atoms with E-state index in [1.54, 1.807) is 7.11 Å². The van der Waals surface area contributed by atoms with Crippen molar-refractivity contribution in [3.63, 3.8) is 0 Å². The number of hydrogen-bond donors (Lipinski definition) is 1. The van der Waals surface area contributed by atoms with Gasteiger partial charge >= 0.3 is 0 Å². The van der Waals surface area contributed by atoms with Gasteiger partial charge in [0.15, 0.2) is 0 Å². The summed E-state index contributed by atoms with van der Waals surface area (Å²) in [6, 6.07) is 4.46. The third-order valence-electron chi connectivity index (χ3n) is 3.41. The first-order valence-electron chi connectivity index (χ1n) is 6.14. The Bertz CT molecular complexity index is 352. The summed E-state index contributed by atoms with van der Waals surface area (Å²) in [4.78, 5) is 6.59. The van der Waals surface area contributed by atoms with Crippen molar-refractivity contribution in [3.8, 4) is 5.88 Å². The number of nitrogens with zero attached hydrogens (tertiary/aromatic N) is 2. The summed E-state index contributed by atoms with van der Waals surface area (Å²) < 4.78 is 5.05. The van der Waals surface area contributed by atoms with Gasteiger partial charge in [0.25, 0.3) is 0 Å². The Morgan fingerprint density at radius 1 is 1.47 bits per heavy atom. The predicted molar refractivity (Wildman–Crippen MR) is 69.5 cm³/mol. The van der Waals surface area contributed by atoms with E-state index in [2.05, 4.69) is 29.2 Å². The van der Waals surface area contributed by atoms with Gasteiger partial charge in [-0.3, -0.25) is 0 Å². The molecule has 17 heavy (non-hydrogen) atoms. The fraction of sp³-hybridized carbons (Fsp3) is 0.615. The maximum absolute atomic E-state index is 5.05. The minimum Gasteiger partial charge on any atom is -0.481 e. The number of piperidine rings is 1. The molecular weight excluding hydrogens is 214 g/mol. The number of methoxy groups -OCH3 is 1. The summed E-state index contributed by atoms with van der Waals surface area (Å²) >= 11 is 0. The first kappa shape index (κ1) is 12.2. The van der Waals surface area contributed by atoms with Gasteiger partial charge < -0.3 is 15.0 Å². The van der Waals surface area contributed by atoms with E-state index in [-0.39, 0.29) is 0 Å². The van der Waals surface area contributed by atoms with Crippen LogP contribution in [0.1, 0.15) is 13.3 Å². The molecule has 1 N–H and O–H groups in total. The van der Waals surface area contributed by atoms with Gasteiger partial charge in [-0.25, -0.2) is 4.98 Å². The average molecular weight is 235 g/mol. The van der Waals surface area contributed by atoms with E-state index in [0.29, 0.717) is 17.8 Å². The van der Waals surface area contributed by atoms with Gasteiger partial charge in [0.2, 0.25) is 5.88 Å². The van der Waals surface area contributed by atoms with Crippen LogP contribution in [0.4, 0.5) is 5.69 Å². The third kappa shape index (κ3) is 3.09. The summed E-state index contributed by atoms with van der Waals surface area (Å²) in [6.07, 6.45) is 3.02. The maximum Gasteiger partial charge on any atom is 0.213 e. The van der Waals surface area contributed by atoms with Gasteiger partial charge in [0, 0.05) is 18.7 Å². The topological polar surface area (TPSA) is 37.4 Å². The summed E-state index contributed by atoms with van der Waals surface area (Å²) in [5.74, 6) is 1.32. The van der Waals surface area contributed by atoms with Crippen LogP contribution in [-0.4, -0.2) is 43.2 Å². The lowest BCUT2D eigenvalue weighted by atomic mass is 9.94. The van der Waals surface area contributed by atoms with Crippen molar-refractivity contribution < 1.29 is 4.74 Å². The van der Waals surface area contributed by atoms with Crippen LogP contribution in [0.2, 0.25) is 0 Å². The van der Waals surface area contributed by atoms with E-state index >= 15 is 0 Å². The molecule has 1 aromatic heterocycles. The Hall–Kier alpha value is -1.29. The summed E-state index contributed by atoms with van der Waals surface area (Å²) in [6.45, 7) is 4.61. The van der Waals surface area contributed by atoms with Crippen molar-refractivity contribution in [1.82, 2.24) is 9.88 Å². The molecular formula is C13H21N3O. The smallest absolute Gasteiger partial charge is 0.213 e. The van der Waals surface area contributed by atoms with Crippen LogP contribution < -0.4 is 10.1 Å². The molecule has 0 saturated carbocycles. The van der Waals surface area contributed by atoms with Gasteiger partial charge in [0.05, 0.1) is 19.0 Å². The lowest BCUT2D eigenvalue weighted by Crippen LogP contribution is -2.43. The highest BCUT2D eigenvalue weighted by molar-refractivity contribution is 5.43. The minimum atomic E-state index is 0.543. The number of likely N-dealkylation sites (tertiary alicyclic amines) is 1. The largest absolute Gasteiger partial charge is 0.481 e. The van der Waals surface area contributed by atoms with Crippen LogP contribution in [0.25, 0.3) is 0 Å². The fourth-order valence-electron chi connectivity index (χ4n) is 2.37. The molecule has 0 aromatic carbocycles. The van der Waals surface area contributed by atoms with E-state index < -0.39 is 0 Å². The van der Waals surface area contributed by atoms with Crippen LogP contribution in [-0.2, 0) is 0 Å². The van der Waals surface area contributed by atoms with E-state index in [1.807, 2.05) is 18.3 Å².